The number of aromatic nitrogens is 5. The second kappa shape index (κ2) is 9.37. The highest BCUT2D eigenvalue weighted by Crippen LogP contribution is 2.50. The fourth-order valence-electron chi connectivity index (χ4n) is 8.77. The number of phenols is 1. The maximum atomic E-state index is 10.4. The van der Waals surface area contributed by atoms with Crippen LogP contribution in [-0.2, 0) is 6.42 Å². The van der Waals surface area contributed by atoms with E-state index in [0.29, 0.717) is 22.1 Å². The normalized spacial score (nSPS) is 26.8. The van der Waals surface area contributed by atoms with Crippen LogP contribution >= 0.6 is 0 Å². The first kappa shape index (κ1) is 25.7. The highest BCUT2D eigenvalue weighted by Gasteiger charge is 2.53. The molecule has 4 fully saturated rings. The van der Waals surface area contributed by atoms with Crippen LogP contribution in [0.3, 0.4) is 0 Å². The molecular weight excluding hydrogens is 538 g/mol. The summed E-state index contributed by atoms with van der Waals surface area (Å²) in [5, 5.41) is 23.8. The number of nitrogens with zero attached hydrogens (tertiary/aromatic N) is 7. The van der Waals surface area contributed by atoms with Crippen LogP contribution < -0.4 is 15.1 Å². The summed E-state index contributed by atoms with van der Waals surface area (Å²) in [6.07, 6.45) is 10.3. The summed E-state index contributed by atoms with van der Waals surface area (Å²) in [4.78, 5) is 20.9. The van der Waals surface area contributed by atoms with Gasteiger partial charge in [-0.05, 0) is 62.8 Å². The molecule has 2 spiro atoms. The lowest BCUT2D eigenvalue weighted by Gasteiger charge is -2.57. The van der Waals surface area contributed by atoms with Gasteiger partial charge in [-0.15, -0.1) is 10.2 Å². The Hall–Kier alpha value is -3.76. The lowest BCUT2D eigenvalue weighted by molar-refractivity contribution is -0.0304. The van der Waals surface area contributed by atoms with Crippen LogP contribution in [0, 0.1) is 10.8 Å². The Morgan fingerprint density at radius 1 is 0.953 bits per heavy atom. The third-order valence-electron chi connectivity index (χ3n) is 11.4. The van der Waals surface area contributed by atoms with E-state index >= 15 is 0 Å². The Morgan fingerprint density at radius 3 is 2.56 bits per heavy atom. The molecule has 3 N–H and O–H groups in total. The topological polar surface area (TPSA) is 109 Å². The number of aromatic hydroxyl groups is 1. The van der Waals surface area contributed by atoms with Crippen molar-refractivity contribution in [3.8, 4) is 17.0 Å². The molecule has 9 rings (SSSR count). The molecule has 10 nitrogen and oxygen atoms in total. The number of anilines is 2. The summed E-state index contributed by atoms with van der Waals surface area (Å²) in [6, 6.07) is 10.2. The molecule has 43 heavy (non-hydrogen) atoms. The maximum absolute atomic E-state index is 10.4. The number of aromatic amines is 1. The van der Waals surface area contributed by atoms with Gasteiger partial charge in [-0.25, -0.2) is 9.97 Å². The molecule has 1 aromatic carbocycles. The first-order valence-electron chi connectivity index (χ1n) is 15.9. The summed E-state index contributed by atoms with van der Waals surface area (Å²) in [5.74, 6) is 0.973. The summed E-state index contributed by atoms with van der Waals surface area (Å²) < 4.78 is 0. The van der Waals surface area contributed by atoms with Gasteiger partial charge in [0.25, 0.3) is 0 Å². The minimum absolute atomic E-state index is 0.0747. The third-order valence-corrected chi connectivity index (χ3v) is 11.4. The average molecular weight is 578 g/mol. The average Bonchev–Trinajstić information content (AvgIpc) is 3.69. The van der Waals surface area contributed by atoms with Crippen LogP contribution in [0.2, 0.25) is 0 Å². The Morgan fingerprint density at radius 2 is 1.77 bits per heavy atom. The van der Waals surface area contributed by atoms with E-state index in [4.69, 9.17) is 9.97 Å². The molecule has 5 aliphatic rings. The number of H-pyrrole nitrogens is 1. The van der Waals surface area contributed by atoms with Crippen molar-refractivity contribution in [1.29, 1.82) is 0 Å². The number of hydrogen-bond acceptors (Lipinski definition) is 9. The molecule has 3 saturated heterocycles. The van der Waals surface area contributed by atoms with Crippen molar-refractivity contribution in [1.82, 2.24) is 35.4 Å². The zero-order chi connectivity index (χ0) is 28.8. The SMILES string of the molecule is CC1c2c([nH]c3nnc(-c4ccccc4O)cc23)CCN1c1ncc(N2CCC3(CCN(C4CC5(CNC5)C4)C3)C2)cn1. The summed E-state index contributed by atoms with van der Waals surface area (Å²) in [5.41, 5.74) is 6.73. The molecule has 10 heteroatoms. The molecule has 0 bridgehead atoms. The van der Waals surface area contributed by atoms with E-state index in [0.717, 1.165) is 54.8 Å². The van der Waals surface area contributed by atoms with Crippen molar-refractivity contribution in [2.75, 3.05) is 55.6 Å². The largest absolute Gasteiger partial charge is 0.507 e. The Kier molecular flexibility index (Phi) is 5.60. The number of para-hydroxylation sites is 1. The second-order valence-corrected chi connectivity index (χ2v) is 13.9. The van der Waals surface area contributed by atoms with Crippen LogP contribution in [-0.4, -0.2) is 87.0 Å². The van der Waals surface area contributed by atoms with Gasteiger partial charge < -0.3 is 25.2 Å². The zero-order valence-electron chi connectivity index (χ0n) is 24.8. The van der Waals surface area contributed by atoms with Crippen LogP contribution in [0.25, 0.3) is 22.3 Å². The predicted molar refractivity (Wildman–Crippen MR) is 166 cm³/mol. The number of rotatable bonds is 4. The molecule has 2 atom stereocenters. The van der Waals surface area contributed by atoms with E-state index in [9.17, 15) is 5.11 Å². The monoisotopic (exact) mass is 577 g/mol. The number of benzene rings is 1. The zero-order valence-corrected chi connectivity index (χ0v) is 24.8. The highest BCUT2D eigenvalue weighted by atomic mass is 16.3. The number of phenolic OH excluding ortho intramolecular Hbond substituents is 1. The van der Waals surface area contributed by atoms with Crippen LogP contribution in [0.1, 0.15) is 49.9 Å². The number of likely N-dealkylation sites (tertiary alicyclic amines) is 1. The van der Waals surface area contributed by atoms with Crippen LogP contribution in [0.15, 0.2) is 42.7 Å². The number of nitrogens with one attached hydrogen (secondary N) is 2. The summed E-state index contributed by atoms with van der Waals surface area (Å²) >= 11 is 0. The highest BCUT2D eigenvalue weighted by molar-refractivity contribution is 5.86. The van der Waals surface area contributed by atoms with Gasteiger partial charge in [0, 0.05) is 79.4 Å². The van der Waals surface area contributed by atoms with Gasteiger partial charge in [-0.2, -0.15) is 0 Å². The molecule has 7 heterocycles. The van der Waals surface area contributed by atoms with E-state index < -0.39 is 0 Å². The van der Waals surface area contributed by atoms with E-state index in [1.165, 1.54) is 63.1 Å². The first-order chi connectivity index (χ1) is 21.0. The van der Waals surface area contributed by atoms with Gasteiger partial charge in [0.1, 0.15) is 5.75 Å². The molecule has 1 aliphatic carbocycles. The molecular formula is C33H39N9O. The first-order valence-corrected chi connectivity index (χ1v) is 15.9. The molecule has 0 amide bonds. The fraction of sp³-hybridized carbons (Fsp3) is 0.515. The van der Waals surface area contributed by atoms with Crippen molar-refractivity contribution in [2.45, 2.75) is 51.1 Å². The van der Waals surface area contributed by atoms with Gasteiger partial charge in [0.05, 0.1) is 29.8 Å². The second-order valence-electron chi connectivity index (χ2n) is 13.9. The smallest absolute Gasteiger partial charge is 0.225 e. The summed E-state index contributed by atoms with van der Waals surface area (Å²) in [6.45, 7) is 10.2. The fourth-order valence-corrected chi connectivity index (χ4v) is 8.77. The van der Waals surface area contributed by atoms with Crippen molar-refractivity contribution in [3.63, 3.8) is 0 Å². The summed E-state index contributed by atoms with van der Waals surface area (Å²) in [7, 11) is 0. The van der Waals surface area contributed by atoms with Gasteiger partial charge in [0.2, 0.25) is 5.95 Å². The molecule has 222 valence electrons. The molecule has 4 aromatic rings. The van der Waals surface area contributed by atoms with E-state index in [1.807, 2.05) is 36.7 Å². The van der Waals surface area contributed by atoms with E-state index in [1.54, 1.807) is 6.07 Å². The van der Waals surface area contributed by atoms with Crippen molar-refractivity contribution in [2.24, 2.45) is 10.8 Å². The minimum Gasteiger partial charge on any atom is -0.507 e. The van der Waals surface area contributed by atoms with Crippen molar-refractivity contribution < 1.29 is 5.11 Å². The molecule has 2 unspecified atom stereocenters. The van der Waals surface area contributed by atoms with Gasteiger partial charge in [-0.1, -0.05) is 12.1 Å². The Balaban J connectivity index is 0.907. The molecule has 1 saturated carbocycles. The maximum Gasteiger partial charge on any atom is 0.225 e. The lowest BCUT2D eigenvalue weighted by Crippen LogP contribution is -2.65. The van der Waals surface area contributed by atoms with Crippen LogP contribution in [0.5, 0.6) is 5.75 Å². The minimum atomic E-state index is 0.0747. The molecule has 0 radical (unpaired) electrons. The van der Waals surface area contributed by atoms with Gasteiger partial charge in [-0.3, -0.25) is 4.90 Å². The molecule has 3 aromatic heterocycles. The number of hydrogen-bond donors (Lipinski definition) is 3. The Bertz CT molecular complexity index is 1690. The van der Waals surface area contributed by atoms with Crippen LogP contribution in [0.4, 0.5) is 11.6 Å². The predicted octanol–water partition coefficient (Wildman–Crippen LogP) is 3.90. The Labute approximate surface area is 251 Å². The van der Waals surface area contributed by atoms with Crippen molar-refractivity contribution in [3.05, 3.63) is 54.0 Å². The van der Waals surface area contributed by atoms with Crippen molar-refractivity contribution >= 4 is 22.7 Å². The number of fused-ring (bicyclic) bond motifs is 3. The lowest BCUT2D eigenvalue weighted by atomic mass is 9.61. The third kappa shape index (κ3) is 4.06. The quantitative estimate of drug-likeness (QED) is 0.333. The standard InChI is InChI=1S/C33H39N9O/c1-21-29-25-12-27(24-4-2-3-5-28(24)43)38-39-30(25)37-26(29)6-9-42(21)31-35-15-23(16-36-31)41-11-8-32(20-41)7-10-40(19-32)22-13-33(14-22)17-34-18-33/h2-5,12,15-16,21-22,34,43H,6-11,13-14,17-20H2,1H3,(H,37,39). The van der Waals surface area contributed by atoms with Gasteiger partial charge >= 0.3 is 0 Å². The van der Waals surface area contributed by atoms with Gasteiger partial charge in [0.15, 0.2) is 5.65 Å². The van der Waals surface area contributed by atoms with E-state index in [2.05, 4.69) is 42.1 Å². The van der Waals surface area contributed by atoms with E-state index in [-0.39, 0.29) is 11.8 Å². The molecule has 4 aliphatic heterocycles.